The molecule has 3 saturated carbocycles. The molecule has 1 nitrogen and oxygen atoms in total. The summed E-state index contributed by atoms with van der Waals surface area (Å²) >= 11 is 0. The third-order valence-electron chi connectivity index (χ3n) is 4.49. The lowest BCUT2D eigenvalue weighted by Crippen LogP contribution is -2.31. The predicted molar refractivity (Wildman–Crippen MR) is 45.0 cm³/mol. The molecule has 0 heterocycles. The molecule has 3 rings (SSSR count). The molecule has 3 fully saturated rings. The quantitative estimate of drug-likeness (QED) is 0.561. The maximum atomic E-state index is 6.11. The van der Waals surface area contributed by atoms with E-state index in [1.54, 1.807) is 0 Å². The minimum Gasteiger partial charge on any atom is -0.327 e. The van der Waals surface area contributed by atoms with Gasteiger partial charge in [0.1, 0.15) is 0 Å². The molecule has 3 aliphatic rings. The second-order valence-electron chi connectivity index (χ2n) is 4.82. The standard InChI is InChI=1S/C10H17N/c11-9-4-3-8-6-1-2-7(5-6)10(8)9/h6-10H,1-5,11H2/t6-,7+,8-,9?,10+/m0/s1. The Morgan fingerprint density at radius 1 is 0.909 bits per heavy atom. The van der Waals surface area contributed by atoms with Crippen molar-refractivity contribution in [3.63, 3.8) is 0 Å². The summed E-state index contributed by atoms with van der Waals surface area (Å²) in [6, 6.07) is 0.579. The van der Waals surface area contributed by atoms with Crippen LogP contribution in [0.3, 0.4) is 0 Å². The number of rotatable bonds is 0. The van der Waals surface area contributed by atoms with Crippen molar-refractivity contribution >= 4 is 0 Å². The van der Waals surface area contributed by atoms with Gasteiger partial charge >= 0.3 is 0 Å². The van der Waals surface area contributed by atoms with Crippen LogP contribution in [0.5, 0.6) is 0 Å². The van der Waals surface area contributed by atoms with E-state index >= 15 is 0 Å². The summed E-state index contributed by atoms with van der Waals surface area (Å²) in [7, 11) is 0. The Morgan fingerprint density at radius 2 is 1.73 bits per heavy atom. The minimum atomic E-state index is 0.579. The van der Waals surface area contributed by atoms with Crippen LogP contribution >= 0.6 is 0 Å². The summed E-state index contributed by atoms with van der Waals surface area (Å²) in [5.74, 6) is 4.15. The first-order valence-electron chi connectivity index (χ1n) is 5.12. The van der Waals surface area contributed by atoms with Crippen molar-refractivity contribution in [1.82, 2.24) is 0 Å². The molecule has 0 aromatic heterocycles. The smallest absolute Gasteiger partial charge is 0.00726 e. The number of nitrogens with two attached hydrogens (primary N) is 1. The van der Waals surface area contributed by atoms with Gasteiger partial charge in [-0.1, -0.05) is 0 Å². The summed E-state index contributed by atoms with van der Waals surface area (Å²) in [4.78, 5) is 0. The van der Waals surface area contributed by atoms with Gasteiger partial charge in [-0.05, 0) is 55.8 Å². The van der Waals surface area contributed by atoms with Gasteiger partial charge in [0.15, 0.2) is 0 Å². The van der Waals surface area contributed by atoms with E-state index in [1.807, 2.05) is 0 Å². The molecule has 11 heavy (non-hydrogen) atoms. The van der Waals surface area contributed by atoms with Crippen LogP contribution in [-0.4, -0.2) is 6.04 Å². The lowest BCUT2D eigenvalue weighted by molar-refractivity contribution is 0.244. The molecular weight excluding hydrogens is 134 g/mol. The molecule has 0 aromatic carbocycles. The third-order valence-corrected chi connectivity index (χ3v) is 4.49. The summed E-state index contributed by atoms with van der Waals surface area (Å²) < 4.78 is 0. The number of fused-ring (bicyclic) bond motifs is 5. The van der Waals surface area contributed by atoms with Crippen molar-refractivity contribution in [3.8, 4) is 0 Å². The highest BCUT2D eigenvalue weighted by Crippen LogP contribution is 2.58. The first-order valence-corrected chi connectivity index (χ1v) is 5.12. The fraction of sp³-hybridized carbons (Fsp3) is 1.00. The molecule has 0 spiro atoms. The Bertz CT molecular complexity index is 178. The zero-order valence-electron chi connectivity index (χ0n) is 7.00. The van der Waals surface area contributed by atoms with Gasteiger partial charge in [0, 0.05) is 6.04 Å². The predicted octanol–water partition coefficient (Wildman–Crippen LogP) is 1.77. The molecule has 0 amide bonds. The van der Waals surface area contributed by atoms with Crippen LogP contribution in [0.25, 0.3) is 0 Å². The first kappa shape index (κ1) is 6.47. The molecule has 0 saturated heterocycles. The first-order chi connectivity index (χ1) is 5.36. The molecule has 62 valence electrons. The molecule has 1 heteroatoms. The highest BCUT2D eigenvalue weighted by Gasteiger charge is 2.52. The van der Waals surface area contributed by atoms with Gasteiger partial charge in [0.25, 0.3) is 0 Å². The van der Waals surface area contributed by atoms with E-state index < -0.39 is 0 Å². The lowest BCUT2D eigenvalue weighted by Gasteiger charge is -2.26. The highest BCUT2D eigenvalue weighted by atomic mass is 14.7. The molecule has 2 N–H and O–H groups in total. The fourth-order valence-corrected chi connectivity index (χ4v) is 4.13. The normalized spacial score (nSPS) is 60.3. The minimum absolute atomic E-state index is 0.579. The summed E-state index contributed by atoms with van der Waals surface area (Å²) in [5.41, 5.74) is 6.11. The van der Waals surface area contributed by atoms with Crippen molar-refractivity contribution in [3.05, 3.63) is 0 Å². The van der Waals surface area contributed by atoms with Gasteiger partial charge in [-0.2, -0.15) is 0 Å². The van der Waals surface area contributed by atoms with Crippen molar-refractivity contribution in [2.45, 2.75) is 38.1 Å². The van der Waals surface area contributed by atoms with E-state index in [9.17, 15) is 0 Å². The maximum Gasteiger partial charge on any atom is 0.00726 e. The zero-order chi connectivity index (χ0) is 7.42. The van der Waals surface area contributed by atoms with E-state index in [0.717, 1.165) is 23.7 Å². The van der Waals surface area contributed by atoms with Crippen LogP contribution in [-0.2, 0) is 0 Å². The van der Waals surface area contributed by atoms with Crippen LogP contribution in [0.4, 0.5) is 0 Å². The summed E-state index contributed by atoms with van der Waals surface area (Å²) in [5, 5.41) is 0. The van der Waals surface area contributed by atoms with Gasteiger partial charge in [-0.3, -0.25) is 0 Å². The second kappa shape index (κ2) is 2.01. The maximum absolute atomic E-state index is 6.11. The SMILES string of the molecule is NC1CC[C@H]2[C@H]3CC[C@H](C3)[C@@H]12. The van der Waals surface area contributed by atoms with Crippen LogP contribution < -0.4 is 5.73 Å². The molecule has 1 unspecified atom stereocenters. The molecule has 0 aromatic rings. The monoisotopic (exact) mass is 151 g/mol. The molecule has 3 aliphatic carbocycles. The second-order valence-corrected chi connectivity index (χ2v) is 4.82. The van der Waals surface area contributed by atoms with Gasteiger partial charge < -0.3 is 5.73 Å². The highest BCUT2D eigenvalue weighted by molar-refractivity contribution is 5.03. The van der Waals surface area contributed by atoms with Gasteiger partial charge in [-0.25, -0.2) is 0 Å². The molecule has 5 atom stereocenters. The van der Waals surface area contributed by atoms with E-state index in [1.165, 1.54) is 32.1 Å². The Labute approximate surface area is 68.3 Å². The number of hydrogen-bond acceptors (Lipinski definition) is 1. The fourth-order valence-electron chi connectivity index (χ4n) is 4.13. The van der Waals surface area contributed by atoms with Crippen LogP contribution in [0.2, 0.25) is 0 Å². The average molecular weight is 151 g/mol. The molecule has 0 aliphatic heterocycles. The lowest BCUT2D eigenvalue weighted by atomic mass is 9.80. The van der Waals surface area contributed by atoms with Crippen LogP contribution in [0, 0.1) is 23.7 Å². The Morgan fingerprint density at radius 3 is 2.55 bits per heavy atom. The Hall–Kier alpha value is -0.0400. The van der Waals surface area contributed by atoms with E-state index in [2.05, 4.69) is 0 Å². The topological polar surface area (TPSA) is 26.0 Å². The van der Waals surface area contributed by atoms with Crippen molar-refractivity contribution < 1.29 is 0 Å². The van der Waals surface area contributed by atoms with E-state index in [-0.39, 0.29) is 0 Å². The largest absolute Gasteiger partial charge is 0.327 e. The van der Waals surface area contributed by atoms with E-state index in [0.29, 0.717) is 6.04 Å². The Balaban J connectivity index is 1.91. The zero-order valence-corrected chi connectivity index (χ0v) is 7.00. The molecule has 0 radical (unpaired) electrons. The van der Waals surface area contributed by atoms with Gasteiger partial charge in [-0.15, -0.1) is 0 Å². The van der Waals surface area contributed by atoms with Crippen LogP contribution in [0.15, 0.2) is 0 Å². The van der Waals surface area contributed by atoms with Gasteiger partial charge in [0.2, 0.25) is 0 Å². The van der Waals surface area contributed by atoms with Crippen molar-refractivity contribution in [2.75, 3.05) is 0 Å². The Kier molecular flexibility index (Phi) is 1.18. The summed E-state index contributed by atoms with van der Waals surface area (Å²) in [6.45, 7) is 0. The van der Waals surface area contributed by atoms with Crippen LogP contribution in [0.1, 0.15) is 32.1 Å². The summed E-state index contributed by atoms with van der Waals surface area (Å²) in [6.07, 6.45) is 7.33. The average Bonchev–Trinajstić information content (AvgIpc) is 2.60. The number of hydrogen-bond donors (Lipinski definition) is 1. The third kappa shape index (κ3) is 0.703. The van der Waals surface area contributed by atoms with Crippen molar-refractivity contribution in [1.29, 1.82) is 0 Å². The molecule has 2 bridgehead atoms. The molecular formula is C10H17N. The van der Waals surface area contributed by atoms with E-state index in [4.69, 9.17) is 5.73 Å². The van der Waals surface area contributed by atoms with Gasteiger partial charge in [0.05, 0.1) is 0 Å². The van der Waals surface area contributed by atoms with Crippen molar-refractivity contribution in [2.24, 2.45) is 29.4 Å².